The van der Waals surface area contributed by atoms with Crippen LogP contribution in [0.25, 0.3) is 0 Å². The van der Waals surface area contributed by atoms with E-state index in [1.165, 1.54) is 4.90 Å². The number of amides is 2. The molecule has 1 atom stereocenters. The van der Waals surface area contributed by atoms with E-state index >= 15 is 0 Å². The van der Waals surface area contributed by atoms with Crippen molar-refractivity contribution in [1.82, 2.24) is 9.97 Å². The molecule has 36 heavy (non-hydrogen) atoms. The zero-order valence-corrected chi connectivity index (χ0v) is 21.6. The second kappa shape index (κ2) is 11.3. The highest BCUT2D eigenvalue weighted by Gasteiger charge is 2.22. The van der Waals surface area contributed by atoms with E-state index in [2.05, 4.69) is 20.6 Å². The van der Waals surface area contributed by atoms with E-state index < -0.39 is 6.03 Å². The van der Waals surface area contributed by atoms with E-state index in [4.69, 9.17) is 23.2 Å². The first kappa shape index (κ1) is 25.3. The molecule has 184 valence electrons. The zero-order chi connectivity index (χ0) is 25.7. The molecule has 4 rings (SSSR count). The average molecular weight is 521 g/mol. The lowest BCUT2D eigenvalue weighted by Crippen LogP contribution is -2.32. The number of halogens is 2. The van der Waals surface area contributed by atoms with Crippen LogP contribution in [-0.2, 0) is 0 Å². The van der Waals surface area contributed by atoms with Crippen molar-refractivity contribution in [2.75, 3.05) is 34.5 Å². The van der Waals surface area contributed by atoms with Crippen LogP contribution in [0.3, 0.4) is 0 Å². The molecule has 0 spiro atoms. The van der Waals surface area contributed by atoms with Crippen LogP contribution in [0, 0.1) is 0 Å². The largest absolute Gasteiger partial charge is 0.378 e. The van der Waals surface area contributed by atoms with Crippen molar-refractivity contribution in [2.24, 2.45) is 0 Å². The Balaban J connectivity index is 1.69. The summed E-state index contributed by atoms with van der Waals surface area (Å²) < 4.78 is 0. The van der Waals surface area contributed by atoms with Crippen LogP contribution in [0.15, 0.2) is 85.1 Å². The molecule has 0 saturated carbocycles. The molecule has 1 heterocycles. The molecule has 0 bridgehead atoms. The van der Waals surface area contributed by atoms with Crippen LogP contribution < -0.4 is 20.4 Å². The van der Waals surface area contributed by atoms with Crippen molar-refractivity contribution < 1.29 is 4.79 Å². The average Bonchev–Trinajstić information content (AvgIpc) is 2.87. The Morgan fingerprint density at radius 2 is 1.50 bits per heavy atom. The smallest absolute Gasteiger partial charge is 0.332 e. The molecule has 0 radical (unpaired) electrons. The number of nitrogens with one attached hydrogen (secondary N) is 2. The third-order valence-corrected chi connectivity index (χ3v) is 6.17. The van der Waals surface area contributed by atoms with Gasteiger partial charge in [-0.1, -0.05) is 59.6 Å². The van der Waals surface area contributed by atoms with Crippen molar-refractivity contribution >= 4 is 58.1 Å². The first-order chi connectivity index (χ1) is 17.3. The van der Waals surface area contributed by atoms with Gasteiger partial charge in [-0.3, -0.25) is 0 Å². The summed E-state index contributed by atoms with van der Waals surface area (Å²) in [5.74, 6) is 0.772. The van der Waals surface area contributed by atoms with Gasteiger partial charge in [0.05, 0.1) is 27.5 Å². The Kier molecular flexibility index (Phi) is 7.93. The standard InChI is InChI=1S/C27H26Cl2N6O/c1-18(19-8-5-4-6-9-19)31-26-30-17-16-24(32-26)35(21-14-12-20(13-15-21)34(2)3)27(36)33-25-22(28)10-7-11-23(25)29/h4-18H,1-3H3,(H,33,36)(H,30,31,32). The number of aromatic nitrogens is 2. The molecule has 2 N–H and O–H groups in total. The van der Waals surface area contributed by atoms with E-state index in [9.17, 15) is 4.79 Å². The number of anilines is 5. The normalized spacial score (nSPS) is 11.5. The highest BCUT2D eigenvalue weighted by Crippen LogP contribution is 2.33. The minimum absolute atomic E-state index is 0.0370. The van der Waals surface area contributed by atoms with Crippen molar-refractivity contribution in [3.63, 3.8) is 0 Å². The minimum atomic E-state index is -0.469. The Morgan fingerprint density at radius 3 is 2.14 bits per heavy atom. The maximum absolute atomic E-state index is 13.6. The number of rotatable bonds is 7. The SMILES string of the molecule is CC(Nc1nccc(N(C(=O)Nc2c(Cl)cccc2Cl)c2ccc(N(C)C)cc2)n1)c1ccccc1. The molecule has 7 nitrogen and oxygen atoms in total. The molecular weight excluding hydrogens is 495 g/mol. The maximum Gasteiger partial charge on any atom is 0.332 e. The quantitative estimate of drug-likeness (QED) is 0.265. The Hall–Kier alpha value is -3.81. The van der Waals surface area contributed by atoms with Gasteiger partial charge in [0, 0.05) is 32.0 Å². The molecular formula is C27H26Cl2N6O. The summed E-state index contributed by atoms with van der Waals surface area (Å²) in [6, 6.07) is 23.8. The van der Waals surface area contributed by atoms with Gasteiger partial charge in [0.2, 0.25) is 5.95 Å². The van der Waals surface area contributed by atoms with E-state index in [0.717, 1.165) is 11.3 Å². The van der Waals surface area contributed by atoms with E-state index in [-0.39, 0.29) is 6.04 Å². The van der Waals surface area contributed by atoms with E-state index in [1.54, 1.807) is 30.5 Å². The summed E-state index contributed by atoms with van der Waals surface area (Å²) in [4.78, 5) is 26.0. The third kappa shape index (κ3) is 5.87. The van der Waals surface area contributed by atoms with Gasteiger partial charge >= 0.3 is 6.03 Å². The molecule has 3 aromatic carbocycles. The Bertz CT molecular complexity index is 1310. The summed E-state index contributed by atoms with van der Waals surface area (Å²) in [6.07, 6.45) is 1.61. The van der Waals surface area contributed by atoms with Gasteiger partial charge in [-0.2, -0.15) is 4.98 Å². The number of para-hydroxylation sites is 1. The molecule has 0 aliphatic carbocycles. The summed E-state index contributed by atoms with van der Waals surface area (Å²) in [6.45, 7) is 2.02. The second-order valence-corrected chi connectivity index (χ2v) is 9.10. The number of hydrogen-bond acceptors (Lipinski definition) is 5. The third-order valence-electron chi connectivity index (χ3n) is 5.54. The van der Waals surface area contributed by atoms with Gasteiger partial charge < -0.3 is 15.5 Å². The number of carbonyl (C=O) groups is 1. The van der Waals surface area contributed by atoms with E-state index in [0.29, 0.717) is 33.2 Å². The van der Waals surface area contributed by atoms with Crippen LogP contribution >= 0.6 is 23.2 Å². The van der Waals surface area contributed by atoms with Crippen LogP contribution in [0.1, 0.15) is 18.5 Å². The summed E-state index contributed by atoms with van der Waals surface area (Å²) in [5, 5.41) is 6.80. The highest BCUT2D eigenvalue weighted by molar-refractivity contribution is 6.40. The molecule has 0 saturated heterocycles. The molecule has 9 heteroatoms. The fourth-order valence-corrected chi connectivity index (χ4v) is 4.09. The van der Waals surface area contributed by atoms with Gasteiger partial charge in [0.25, 0.3) is 0 Å². The van der Waals surface area contributed by atoms with Gasteiger partial charge in [0.1, 0.15) is 5.82 Å². The number of benzene rings is 3. The fourth-order valence-electron chi connectivity index (χ4n) is 3.60. The zero-order valence-electron chi connectivity index (χ0n) is 20.1. The lowest BCUT2D eigenvalue weighted by molar-refractivity contribution is 0.259. The lowest BCUT2D eigenvalue weighted by atomic mass is 10.1. The molecule has 0 aliphatic heterocycles. The number of carbonyl (C=O) groups excluding carboxylic acids is 1. The predicted molar refractivity (Wildman–Crippen MR) is 149 cm³/mol. The molecule has 4 aromatic rings. The summed E-state index contributed by atoms with van der Waals surface area (Å²) in [7, 11) is 3.91. The first-order valence-corrected chi connectivity index (χ1v) is 12.1. The van der Waals surface area contributed by atoms with Crippen molar-refractivity contribution in [3.05, 3.63) is 101 Å². The highest BCUT2D eigenvalue weighted by atomic mass is 35.5. The topological polar surface area (TPSA) is 73.4 Å². The van der Waals surface area contributed by atoms with Crippen molar-refractivity contribution in [3.8, 4) is 0 Å². The van der Waals surface area contributed by atoms with Crippen LogP contribution in [0.4, 0.5) is 33.6 Å². The Morgan fingerprint density at radius 1 is 0.861 bits per heavy atom. The lowest BCUT2D eigenvalue weighted by Gasteiger charge is -2.24. The summed E-state index contributed by atoms with van der Waals surface area (Å²) in [5.41, 5.74) is 3.02. The summed E-state index contributed by atoms with van der Waals surface area (Å²) >= 11 is 12.6. The maximum atomic E-state index is 13.6. The molecule has 1 unspecified atom stereocenters. The van der Waals surface area contributed by atoms with Gasteiger partial charge in [-0.15, -0.1) is 0 Å². The molecule has 0 fully saturated rings. The van der Waals surface area contributed by atoms with E-state index in [1.807, 2.05) is 80.5 Å². The van der Waals surface area contributed by atoms with Crippen LogP contribution in [0.2, 0.25) is 10.0 Å². The number of hydrogen-bond donors (Lipinski definition) is 2. The van der Waals surface area contributed by atoms with Crippen molar-refractivity contribution in [1.29, 1.82) is 0 Å². The number of nitrogens with zero attached hydrogens (tertiary/aromatic N) is 4. The minimum Gasteiger partial charge on any atom is -0.378 e. The van der Waals surface area contributed by atoms with Gasteiger partial charge in [0.15, 0.2) is 0 Å². The van der Waals surface area contributed by atoms with Gasteiger partial charge in [-0.25, -0.2) is 14.7 Å². The molecule has 0 aliphatic rings. The van der Waals surface area contributed by atoms with Crippen LogP contribution in [0.5, 0.6) is 0 Å². The van der Waals surface area contributed by atoms with Crippen LogP contribution in [-0.4, -0.2) is 30.1 Å². The van der Waals surface area contributed by atoms with Gasteiger partial charge in [-0.05, 0) is 48.9 Å². The monoisotopic (exact) mass is 520 g/mol. The Labute approximate surface area is 220 Å². The fraction of sp³-hybridized carbons (Fsp3) is 0.148. The van der Waals surface area contributed by atoms with Crippen molar-refractivity contribution in [2.45, 2.75) is 13.0 Å². The number of urea groups is 1. The first-order valence-electron chi connectivity index (χ1n) is 11.3. The second-order valence-electron chi connectivity index (χ2n) is 8.29. The molecule has 2 amide bonds. The molecule has 1 aromatic heterocycles. The predicted octanol–water partition coefficient (Wildman–Crippen LogP) is 7.39.